The molecule has 3 aromatic carbocycles. The smallest absolute Gasteiger partial charge is 0.408 e. The molecular weight excluding hydrogens is 439 g/mol. The van der Waals surface area contributed by atoms with Gasteiger partial charge < -0.3 is 13.6 Å². The molecule has 0 aliphatic heterocycles. The predicted octanol–water partition coefficient (Wildman–Crippen LogP) is 8.82. The summed E-state index contributed by atoms with van der Waals surface area (Å²) in [4.78, 5) is 0. The largest absolute Gasteiger partial charge is 0.530 e. The van der Waals surface area contributed by atoms with E-state index in [1.807, 2.05) is 0 Å². The zero-order valence-corrected chi connectivity index (χ0v) is 22.5. The number of para-hydroxylation sites is 3. The standard InChI is InChI=1S/C30H39O3P/c1-7-22-16-13-17-23(8-2)28(22)31-34(32-29-24(9-3)18-14-19-25(29)10-4)33-30-26(11-5)20-15-21-27(30)12-6/h13-21H,7-12H2,1-6H3. The Kier molecular flexibility index (Phi) is 9.84. The molecule has 0 bridgehead atoms. The summed E-state index contributed by atoms with van der Waals surface area (Å²) in [6.07, 6.45) is 5.36. The van der Waals surface area contributed by atoms with Gasteiger partial charge in [-0.2, -0.15) is 0 Å². The van der Waals surface area contributed by atoms with Crippen molar-refractivity contribution in [2.75, 3.05) is 0 Å². The summed E-state index contributed by atoms with van der Waals surface area (Å²) in [7, 11) is -1.72. The highest BCUT2D eigenvalue weighted by Crippen LogP contribution is 2.48. The highest BCUT2D eigenvalue weighted by atomic mass is 31.2. The second-order valence-electron chi connectivity index (χ2n) is 8.33. The predicted molar refractivity (Wildman–Crippen MR) is 144 cm³/mol. The fourth-order valence-corrected chi connectivity index (χ4v) is 5.48. The lowest BCUT2D eigenvalue weighted by Crippen LogP contribution is -2.09. The molecule has 0 fully saturated rings. The summed E-state index contributed by atoms with van der Waals surface area (Å²) >= 11 is 0. The van der Waals surface area contributed by atoms with Crippen molar-refractivity contribution in [3.63, 3.8) is 0 Å². The van der Waals surface area contributed by atoms with E-state index in [-0.39, 0.29) is 0 Å². The van der Waals surface area contributed by atoms with E-state index in [4.69, 9.17) is 13.6 Å². The average Bonchev–Trinajstić information content (AvgIpc) is 2.88. The molecule has 0 aliphatic carbocycles. The van der Waals surface area contributed by atoms with Crippen LogP contribution < -0.4 is 13.6 Å². The van der Waals surface area contributed by atoms with Gasteiger partial charge in [0.2, 0.25) is 0 Å². The summed E-state index contributed by atoms with van der Waals surface area (Å²) < 4.78 is 20.1. The van der Waals surface area contributed by atoms with Crippen molar-refractivity contribution < 1.29 is 13.6 Å². The third-order valence-corrected chi connectivity index (χ3v) is 7.31. The van der Waals surface area contributed by atoms with Crippen LogP contribution in [0.5, 0.6) is 17.2 Å². The van der Waals surface area contributed by atoms with Crippen LogP contribution >= 0.6 is 8.60 Å². The maximum Gasteiger partial charge on any atom is 0.530 e. The lowest BCUT2D eigenvalue weighted by atomic mass is 10.1. The van der Waals surface area contributed by atoms with Crippen molar-refractivity contribution in [3.05, 3.63) is 88.0 Å². The summed E-state index contributed by atoms with van der Waals surface area (Å²) in [5, 5.41) is 0. The minimum absolute atomic E-state index is 0.893. The highest BCUT2D eigenvalue weighted by Gasteiger charge is 2.26. The third-order valence-electron chi connectivity index (χ3n) is 6.32. The first-order chi connectivity index (χ1) is 16.6. The molecule has 34 heavy (non-hydrogen) atoms. The molecule has 3 aromatic rings. The Morgan fingerprint density at radius 1 is 0.412 bits per heavy atom. The second kappa shape index (κ2) is 12.8. The maximum atomic E-state index is 6.68. The Bertz CT molecular complexity index is 873. The molecule has 3 nitrogen and oxygen atoms in total. The summed E-state index contributed by atoms with van der Waals surface area (Å²) in [5.41, 5.74) is 7.07. The van der Waals surface area contributed by atoms with Crippen LogP contribution in [0.15, 0.2) is 54.6 Å². The van der Waals surface area contributed by atoms with E-state index in [0.29, 0.717) is 0 Å². The molecule has 0 N–H and O–H groups in total. The zero-order valence-electron chi connectivity index (χ0n) is 21.6. The molecule has 0 unspecified atom stereocenters. The lowest BCUT2D eigenvalue weighted by molar-refractivity contribution is 0.378. The number of hydrogen-bond donors (Lipinski definition) is 0. The van der Waals surface area contributed by atoms with Gasteiger partial charge in [-0.15, -0.1) is 0 Å². The number of rotatable bonds is 12. The normalized spacial score (nSPS) is 11.0. The minimum atomic E-state index is -1.72. The van der Waals surface area contributed by atoms with Gasteiger partial charge in [0.15, 0.2) is 0 Å². The lowest BCUT2D eigenvalue weighted by Gasteiger charge is -2.25. The van der Waals surface area contributed by atoms with Crippen molar-refractivity contribution in [1.82, 2.24) is 0 Å². The van der Waals surface area contributed by atoms with Crippen molar-refractivity contribution >= 4 is 8.60 Å². The first-order valence-corrected chi connectivity index (χ1v) is 13.9. The third kappa shape index (κ3) is 5.94. The van der Waals surface area contributed by atoms with Crippen LogP contribution in [-0.2, 0) is 38.5 Å². The maximum absolute atomic E-state index is 6.68. The van der Waals surface area contributed by atoms with Crippen LogP contribution in [-0.4, -0.2) is 0 Å². The number of hydrogen-bond acceptors (Lipinski definition) is 3. The van der Waals surface area contributed by atoms with Gasteiger partial charge in [-0.1, -0.05) is 96.1 Å². The van der Waals surface area contributed by atoms with Gasteiger partial charge in [0.25, 0.3) is 0 Å². The highest BCUT2D eigenvalue weighted by molar-refractivity contribution is 7.43. The van der Waals surface area contributed by atoms with E-state index in [9.17, 15) is 0 Å². The first-order valence-electron chi connectivity index (χ1n) is 12.8. The van der Waals surface area contributed by atoms with Crippen molar-refractivity contribution in [2.24, 2.45) is 0 Å². The van der Waals surface area contributed by atoms with Crippen molar-refractivity contribution in [2.45, 2.75) is 80.1 Å². The molecule has 4 heteroatoms. The molecule has 182 valence electrons. The van der Waals surface area contributed by atoms with Crippen LogP contribution in [0.25, 0.3) is 0 Å². The van der Waals surface area contributed by atoms with Gasteiger partial charge in [-0.25, -0.2) is 0 Å². The summed E-state index contributed by atoms with van der Waals surface area (Å²) in [6, 6.07) is 19.1. The van der Waals surface area contributed by atoms with E-state index >= 15 is 0 Å². The minimum Gasteiger partial charge on any atom is -0.408 e. The van der Waals surface area contributed by atoms with Gasteiger partial charge >= 0.3 is 8.60 Å². The van der Waals surface area contributed by atoms with Crippen LogP contribution in [0.2, 0.25) is 0 Å². The second-order valence-corrected chi connectivity index (χ2v) is 9.33. The molecule has 0 aromatic heterocycles. The molecule has 0 saturated heterocycles. The van der Waals surface area contributed by atoms with Gasteiger partial charge in [0.05, 0.1) is 0 Å². The average molecular weight is 479 g/mol. The van der Waals surface area contributed by atoms with E-state index in [1.165, 1.54) is 33.4 Å². The van der Waals surface area contributed by atoms with Crippen LogP contribution in [0, 0.1) is 0 Å². The Labute approximate surface area is 207 Å². The van der Waals surface area contributed by atoms with Gasteiger partial charge in [0, 0.05) is 0 Å². The fourth-order valence-electron chi connectivity index (χ4n) is 4.22. The molecule has 0 saturated carbocycles. The van der Waals surface area contributed by atoms with E-state index in [2.05, 4.69) is 96.1 Å². The SMILES string of the molecule is CCc1cccc(CC)c1OP(Oc1c(CC)cccc1CC)Oc1c(CC)cccc1CC. The Morgan fingerprint density at radius 2 is 0.618 bits per heavy atom. The number of benzene rings is 3. The first kappa shape index (κ1) is 26.1. The summed E-state index contributed by atoms with van der Waals surface area (Å²) in [5.74, 6) is 2.70. The van der Waals surface area contributed by atoms with E-state index in [0.717, 1.165) is 55.8 Å². The van der Waals surface area contributed by atoms with E-state index < -0.39 is 8.60 Å². The van der Waals surface area contributed by atoms with Gasteiger partial charge in [-0.05, 0) is 71.9 Å². The van der Waals surface area contributed by atoms with Crippen molar-refractivity contribution in [3.8, 4) is 17.2 Å². The molecule has 0 aliphatic rings. The number of aryl methyl sites for hydroxylation is 6. The molecule has 0 heterocycles. The Hall–Kier alpha value is -2.51. The zero-order chi connectivity index (χ0) is 24.5. The molecule has 3 rings (SSSR count). The molecule has 0 atom stereocenters. The molecule has 0 amide bonds. The fraction of sp³-hybridized carbons (Fsp3) is 0.400. The Morgan fingerprint density at radius 3 is 0.794 bits per heavy atom. The van der Waals surface area contributed by atoms with Crippen molar-refractivity contribution in [1.29, 1.82) is 0 Å². The molecule has 0 spiro atoms. The van der Waals surface area contributed by atoms with Crippen LogP contribution in [0.3, 0.4) is 0 Å². The van der Waals surface area contributed by atoms with Crippen LogP contribution in [0.4, 0.5) is 0 Å². The van der Waals surface area contributed by atoms with E-state index in [1.54, 1.807) is 0 Å². The quantitative estimate of drug-likeness (QED) is 0.243. The van der Waals surface area contributed by atoms with Gasteiger partial charge in [-0.3, -0.25) is 0 Å². The summed E-state index contributed by atoms with van der Waals surface area (Å²) in [6.45, 7) is 13.0. The monoisotopic (exact) mass is 478 g/mol. The molecule has 0 radical (unpaired) electrons. The topological polar surface area (TPSA) is 27.7 Å². The van der Waals surface area contributed by atoms with Gasteiger partial charge in [0.1, 0.15) is 17.2 Å². The van der Waals surface area contributed by atoms with Crippen LogP contribution in [0.1, 0.15) is 74.9 Å². The molecular formula is C30H39O3P. The Balaban J connectivity index is 2.10.